The van der Waals surface area contributed by atoms with Crippen molar-refractivity contribution in [2.24, 2.45) is 0 Å². The minimum absolute atomic E-state index is 0.212. The van der Waals surface area contributed by atoms with E-state index in [0.717, 1.165) is 25.7 Å². The summed E-state index contributed by atoms with van der Waals surface area (Å²) in [5.74, 6) is 0. The molecule has 1 N–H and O–H groups in total. The molecular formula is C15H26N4O. The molecule has 2 unspecified atom stereocenters. The largest absolute Gasteiger partial charge is 0.374 e. The van der Waals surface area contributed by atoms with Crippen molar-refractivity contribution in [2.45, 2.75) is 50.9 Å². The summed E-state index contributed by atoms with van der Waals surface area (Å²) in [4.78, 5) is 6.76. The molecule has 1 saturated carbocycles. The van der Waals surface area contributed by atoms with Crippen LogP contribution >= 0.6 is 0 Å². The normalized spacial score (nSPS) is 28.2. The van der Waals surface area contributed by atoms with Gasteiger partial charge in [-0.15, -0.1) is 0 Å². The molecule has 5 nitrogen and oxygen atoms in total. The van der Waals surface area contributed by atoms with Crippen LogP contribution in [0.2, 0.25) is 0 Å². The maximum atomic E-state index is 6.05. The molecule has 112 valence electrons. The molecule has 0 aromatic carbocycles. The molecule has 2 fully saturated rings. The van der Waals surface area contributed by atoms with E-state index in [1.165, 1.54) is 18.5 Å². The van der Waals surface area contributed by atoms with Crippen molar-refractivity contribution in [2.75, 3.05) is 26.7 Å². The standard InChI is InChI=1S/C15H26N4O/c1-11(2)19-10-16-8-13(19)15-14(9-17-12-4-5-12)20-7-6-18(15)3/h8,10-12,14-15,17H,4-7,9H2,1-3H3. The zero-order chi connectivity index (χ0) is 14.1. The second-order valence-corrected chi connectivity index (χ2v) is 6.34. The predicted octanol–water partition coefficient (Wildman–Crippen LogP) is 1.59. The number of hydrogen-bond donors (Lipinski definition) is 1. The Morgan fingerprint density at radius 3 is 2.95 bits per heavy atom. The number of morpholine rings is 1. The quantitative estimate of drug-likeness (QED) is 0.888. The van der Waals surface area contributed by atoms with Crippen LogP contribution in [0.25, 0.3) is 0 Å². The maximum absolute atomic E-state index is 6.05. The summed E-state index contributed by atoms with van der Waals surface area (Å²) in [7, 11) is 2.19. The summed E-state index contributed by atoms with van der Waals surface area (Å²) in [6.45, 7) is 7.13. The first-order valence-electron chi connectivity index (χ1n) is 7.73. The highest BCUT2D eigenvalue weighted by atomic mass is 16.5. The van der Waals surface area contributed by atoms with Gasteiger partial charge in [-0.3, -0.25) is 4.90 Å². The summed E-state index contributed by atoms with van der Waals surface area (Å²) in [6.07, 6.45) is 6.78. The van der Waals surface area contributed by atoms with Crippen LogP contribution in [-0.2, 0) is 4.74 Å². The molecule has 3 rings (SSSR count). The second-order valence-electron chi connectivity index (χ2n) is 6.34. The molecule has 1 aromatic rings. The molecule has 0 bridgehead atoms. The van der Waals surface area contributed by atoms with Crippen molar-refractivity contribution in [3.8, 4) is 0 Å². The van der Waals surface area contributed by atoms with Crippen LogP contribution in [0.15, 0.2) is 12.5 Å². The van der Waals surface area contributed by atoms with Gasteiger partial charge in [-0.2, -0.15) is 0 Å². The van der Waals surface area contributed by atoms with Gasteiger partial charge in [0.2, 0.25) is 0 Å². The summed E-state index contributed by atoms with van der Waals surface area (Å²) in [5.41, 5.74) is 1.27. The molecule has 1 saturated heterocycles. The topological polar surface area (TPSA) is 42.3 Å². The Bertz CT molecular complexity index is 441. The Morgan fingerprint density at radius 2 is 2.25 bits per heavy atom. The lowest BCUT2D eigenvalue weighted by Gasteiger charge is -2.39. The van der Waals surface area contributed by atoms with Gasteiger partial charge in [0.25, 0.3) is 0 Å². The van der Waals surface area contributed by atoms with E-state index in [0.29, 0.717) is 12.1 Å². The van der Waals surface area contributed by atoms with Gasteiger partial charge >= 0.3 is 0 Å². The maximum Gasteiger partial charge on any atom is 0.0951 e. The van der Waals surface area contributed by atoms with Crippen LogP contribution < -0.4 is 5.32 Å². The van der Waals surface area contributed by atoms with Gasteiger partial charge in [0.15, 0.2) is 0 Å². The van der Waals surface area contributed by atoms with Crippen LogP contribution in [0, 0.1) is 0 Å². The average Bonchev–Trinajstić information content (AvgIpc) is 3.12. The highest BCUT2D eigenvalue weighted by Crippen LogP contribution is 2.30. The Morgan fingerprint density at radius 1 is 1.45 bits per heavy atom. The Balaban J connectivity index is 1.78. The van der Waals surface area contributed by atoms with Crippen molar-refractivity contribution in [1.29, 1.82) is 0 Å². The number of aromatic nitrogens is 2. The number of likely N-dealkylation sites (N-methyl/N-ethyl adjacent to an activating group) is 1. The lowest BCUT2D eigenvalue weighted by atomic mass is 10.0. The molecule has 2 aliphatic rings. The van der Waals surface area contributed by atoms with E-state index >= 15 is 0 Å². The molecule has 5 heteroatoms. The summed E-state index contributed by atoms with van der Waals surface area (Å²) in [5, 5.41) is 3.61. The molecule has 20 heavy (non-hydrogen) atoms. The third-order valence-electron chi connectivity index (χ3n) is 4.34. The SMILES string of the molecule is CC(C)n1cncc1C1C(CNC2CC2)OCCN1C. The summed E-state index contributed by atoms with van der Waals surface area (Å²) in [6, 6.07) is 1.45. The molecule has 1 aliphatic heterocycles. The molecule has 0 radical (unpaired) electrons. The fraction of sp³-hybridized carbons (Fsp3) is 0.800. The van der Waals surface area contributed by atoms with E-state index in [2.05, 4.69) is 40.7 Å². The van der Waals surface area contributed by atoms with Crippen LogP contribution in [0.3, 0.4) is 0 Å². The molecular weight excluding hydrogens is 252 g/mol. The van der Waals surface area contributed by atoms with Gasteiger partial charge < -0.3 is 14.6 Å². The first kappa shape index (κ1) is 14.0. The smallest absolute Gasteiger partial charge is 0.0951 e. The number of ether oxygens (including phenoxy) is 1. The van der Waals surface area contributed by atoms with Crippen molar-refractivity contribution < 1.29 is 4.74 Å². The van der Waals surface area contributed by atoms with E-state index in [-0.39, 0.29) is 6.10 Å². The zero-order valence-corrected chi connectivity index (χ0v) is 12.7. The highest BCUT2D eigenvalue weighted by Gasteiger charge is 2.35. The lowest BCUT2D eigenvalue weighted by molar-refractivity contribution is -0.0640. The van der Waals surface area contributed by atoms with Crippen LogP contribution in [-0.4, -0.2) is 53.3 Å². The Labute approximate surface area is 121 Å². The van der Waals surface area contributed by atoms with E-state index in [9.17, 15) is 0 Å². The van der Waals surface area contributed by atoms with Crippen molar-refractivity contribution >= 4 is 0 Å². The van der Waals surface area contributed by atoms with E-state index < -0.39 is 0 Å². The first-order valence-corrected chi connectivity index (χ1v) is 7.73. The summed E-state index contributed by atoms with van der Waals surface area (Å²) >= 11 is 0. The zero-order valence-electron chi connectivity index (χ0n) is 12.7. The Hall–Kier alpha value is -0.910. The molecule has 2 atom stereocenters. The van der Waals surface area contributed by atoms with Gasteiger partial charge in [-0.05, 0) is 33.7 Å². The fourth-order valence-corrected chi connectivity index (χ4v) is 2.99. The number of nitrogens with zero attached hydrogens (tertiary/aromatic N) is 3. The highest BCUT2D eigenvalue weighted by molar-refractivity contribution is 5.11. The first-order chi connectivity index (χ1) is 9.66. The van der Waals surface area contributed by atoms with Crippen LogP contribution in [0.4, 0.5) is 0 Å². The van der Waals surface area contributed by atoms with Crippen LogP contribution in [0.1, 0.15) is 44.5 Å². The summed E-state index contributed by atoms with van der Waals surface area (Å²) < 4.78 is 8.32. The van der Waals surface area contributed by atoms with Gasteiger partial charge in [0.1, 0.15) is 0 Å². The minimum Gasteiger partial charge on any atom is -0.374 e. The predicted molar refractivity (Wildman–Crippen MR) is 78.7 cm³/mol. The number of rotatable bonds is 5. The van der Waals surface area contributed by atoms with E-state index in [1.54, 1.807) is 0 Å². The van der Waals surface area contributed by atoms with Gasteiger partial charge in [-0.1, -0.05) is 0 Å². The molecule has 0 spiro atoms. The number of hydrogen-bond acceptors (Lipinski definition) is 4. The average molecular weight is 278 g/mol. The second kappa shape index (κ2) is 5.84. The van der Waals surface area contributed by atoms with Crippen molar-refractivity contribution in [3.63, 3.8) is 0 Å². The Kier molecular flexibility index (Phi) is 4.10. The third kappa shape index (κ3) is 2.90. The van der Waals surface area contributed by atoms with Gasteiger partial charge in [0, 0.05) is 31.4 Å². The molecule has 0 amide bonds. The van der Waals surface area contributed by atoms with Gasteiger partial charge in [0.05, 0.1) is 30.8 Å². The molecule has 1 aliphatic carbocycles. The number of nitrogens with one attached hydrogen (secondary N) is 1. The monoisotopic (exact) mass is 278 g/mol. The fourth-order valence-electron chi connectivity index (χ4n) is 2.99. The van der Waals surface area contributed by atoms with E-state index in [1.807, 2.05) is 12.5 Å². The molecule has 2 heterocycles. The third-order valence-corrected chi connectivity index (χ3v) is 4.34. The van der Waals surface area contributed by atoms with Crippen molar-refractivity contribution in [3.05, 3.63) is 18.2 Å². The number of imidazole rings is 1. The van der Waals surface area contributed by atoms with Crippen LogP contribution in [0.5, 0.6) is 0 Å². The van der Waals surface area contributed by atoms with Gasteiger partial charge in [-0.25, -0.2) is 4.98 Å². The minimum atomic E-state index is 0.212. The van der Waals surface area contributed by atoms with Crippen molar-refractivity contribution in [1.82, 2.24) is 19.8 Å². The molecule has 1 aromatic heterocycles. The van der Waals surface area contributed by atoms with E-state index in [4.69, 9.17) is 4.74 Å². The lowest BCUT2D eigenvalue weighted by Crippen LogP contribution is -2.48.